The molecule has 1 amide bonds. The van der Waals surface area contributed by atoms with Crippen LogP contribution in [0.25, 0.3) is 0 Å². The van der Waals surface area contributed by atoms with E-state index in [2.05, 4.69) is 13.8 Å². The number of rotatable bonds is 3. The molecular weight excluding hydrogens is 194 g/mol. The average molecular weight is 213 g/mol. The van der Waals surface area contributed by atoms with E-state index in [1.807, 2.05) is 0 Å². The summed E-state index contributed by atoms with van der Waals surface area (Å²) in [4.78, 5) is 23.8. The first-order valence-electron chi connectivity index (χ1n) is 5.40. The van der Waals surface area contributed by atoms with Crippen LogP contribution in [-0.4, -0.2) is 35.0 Å². The topological polar surface area (TPSA) is 57.6 Å². The molecule has 0 unspecified atom stereocenters. The number of nitrogens with zero attached hydrogens (tertiary/aromatic N) is 1. The van der Waals surface area contributed by atoms with E-state index in [0.717, 1.165) is 25.9 Å². The van der Waals surface area contributed by atoms with Crippen molar-refractivity contribution in [2.45, 2.75) is 39.5 Å². The molecular formula is C11H19NO3. The first kappa shape index (κ1) is 12.0. The van der Waals surface area contributed by atoms with Crippen molar-refractivity contribution in [2.24, 2.45) is 5.41 Å². The Kier molecular flexibility index (Phi) is 3.72. The molecule has 0 aliphatic carbocycles. The van der Waals surface area contributed by atoms with Crippen LogP contribution in [0.1, 0.15) is 39.5 Å². The number of carbonyl (C=O) groups excluding carboxylic acids is 1. The molecule has 1 aliphatic rings. The second-order valence-electron chi connectivity index (χ2n) is 4.98. The molecule has 4 heteroatoms. The van der Waals surface area contributed by atoms with E-state index in [9.17, 15) is 9.59 Å². The first-order valence-corrected chi connectivity index (χ1v) is 5.40. The second kappa shape index (κ2) is 4.64. The van der Waals surface area contributed by atoms with Gasteiger partial charge in [-0.25, -0.2) is 0 Å². The molecule has 15 heavy (non-hydrogen) atoms. The lowest BCUT2D eigenvalue weighted by atomic mass is 9.84. The molecule has 0 aromatic carbocycles. The fourth-order valence-corrected chi connectivity index (χ4v) is 2.01. The van der Waals surface area contributed by atoms with Gasteiger partial charge in [-0.3, -0.25) is 9.59 Å². The fourth-order valence-electron chi connectivity index (χ4n) is 2.01. The Balaban J connectivity index is 2.42. The van der Waals surface area contributed by atoms with Gasteiger partial charge in [0, 0.05) is 19.5 Å². The normalized spacial score (nSPS) is 20.0. The third kappa shape index (κ3) is 3.90. The minimum absolute atomic E-state index is 0.0230. The lowest BCUT2D eigenvalue weighted by molar-refractivity contribution is -0.142. The molecule has 1 N–H and O–H groups in total. The van der Waals surface area contributed by atoms with Gasteiger partial charge < -0.3 is 10.0 Å². The highest BCUT2D eigenvalue weighted by molar-refractivity contribution is 5.80. The van der Waals surface area contributed by atoms with Crippen molar-refractivity contribution in [3.8, 4) is 0 Å². The Bertz CT molecular complexity index is 261. The molecule has 1 heterocycles. The van der Waals surface area contributed by atoms with Crippen LogP contribution in [0.15, 0.2) is 0 Å². The minimum Gasteiger partial charge on any atom is -0.481 e. The Morgan fingerprint density at radius 2 is 2.00 bits per heavy atom. The summed E-state index contributed by atoms with van der Waals surface area (Å²) in [7, 11) is 0. The maximum Gasteiger partial charge on any atom is 0.303 e. The molecule has 1 fully saturated rings. The summed E-state index contributed by atoms with van der Waals surface area (Å²) in [6.45, 7) is 5.82. The molecule has 4 nitrogen and oxygen atoms in total. The van der Waals surface area contributed by atoms with Crippen molar-refractivity contribution in [2.75, 3.05) is 13.1 Å². The molecule has 0 aromatic heterocycles. The molecule has 0 aromatic rings. The molecule has 1 aliphatic heterocycles. The second-order valence-corrected chi connectivity index (χ2v) is 4.98. The summed E-state index contributed by atoms with van der Waals surface area (Å²) in [5, 5.41) is 8.49. The van der Waals surface area contributed by atoms with Gasteiger partial charge >= 0.3 is 5.97 Å². The lowest BCUT2D eigenvalue weighted by Gasteiger charge is -2.38. The summed E-state index contributed by atoms with van der Waals surface area (Å²) in [5.41, 5.74) is 0.178. The molecule has 0 saturated carbocycles. The number of carboxylic acids is 1. The van der Waals surface area contributed by atoms with Crippen molar-refractivity contribution >= 4 is 11.9 Å². The molecule has 1 saturated heterocycles. The predicted molar refractivity (Wildman–Crippen MR) is 56.5 cm³/mol. The Labute approximate surface area is 90.3 Å². The van der Waals surface area contributed by atoms with Crippen LogP contribution in [0.5, 0.6) is 0 Å². The summed E-state index contributed by atoms with van der Waals surface area (Å²) in [5.74, 6) is -0.926. The van der Waals surface area contributed by atoms with E-state index in [1.54, 1.807) is 4.90 Å². The molecule has 0 atom stereocenters. The van der Waals surface area contributed by atoms with Gasteiger partial charge in [0.1, 0.15) is 0 Å². The standard InChI is InChI=1S/C11H19NO3/c1-11(2)6-3-7-12(8-11)9(13)4-5-10(14)15/h3-8H2,1-2H3,(H,14,15). The molecule has 1 rings (SSSR count). The van der Waals surface area contributed by atoms with E-state index in [-0.39, 0.29) is 24.2 Å². The SMILES string of the molecule is CC1(C)CCCN(C(=O)CCC(=O)O)C1. The van der Waals surface area contributed by atoms with Gasteiger partial charge in [-0.1, -0.05) is 13.8 Å². The lowest BCUT2D eigenvalue weighted by Crippen LogP contribution is -2.43. The number of carbonyl (C=O) groups is 2. The van der Waals surface area contributed by atoms with Crippen LogP contribution >= 0.6 is 0 Å². The van der Waals surface area contributed by atoms with Crippen molar-refractivity contribution in [3.63, 3.8) is 0 Å². The fraction of sp³-hybridized carbons (Fsp3) is 0.818. The number of piperidine rings is 1. The Hall–Kier alpha value is -1.06. The predicted octanol–water partition coefficient (Wildman–Crippen LogP) is 1.50. The number of likely N-dealkylation sites (tertiary alicyclic amines) is 1. The van der Waals surface area contributed by atoms with E-state index in [1.165, 1.54) is 0 Å². The monoisotopic (exact) mass is 213 g/mol. The number of carboxylic acid groups (broad SMARTS) is 1. The van der Waals surface area contributed by atoms with Crippen molar-refractivity contribution in [3.05, 3.63) is 0 Å². The molecule has 86 valence electrons. The van der Waals surface area contributed by atoms with Crippen LogP contribution in [0.3, 0.4) is 0 Å². The third-order valence-electron chi connectivity index (χ3n) is 2.81. The summed E-state index contributed by atoms with van der Waals surface area (Å²) >= 11 is 0. The van der Waals surface area contributed by atoms with E-state index in [0.29, 0.717) is 0 Å². The van der Waals surface area contributed by atoms with Crippen LogP contribution in [0, 0.1) is 5.41 Å². The zero-order valence-electron chi connectivity index (χ0n) is 9.45. The van der Waals surface area contributed by atoms with Gasteiger partial charge in [0.05, 0.1) is 6.42 Å². The van der Waals surface area contributed by atoms with E-state index in [4.69, 9.17) is 5.11 Å². The highest BCUT2D eigenvalue weighted by Crippen LogP contribution is 2.28. The largest absolute Gasteiger partial charge is 0.481 e. The summed E-state index contributed by atoms with van der Waals surface area (Å²) in [6.07, 6.45) is 2.22. The molecule has 0 bridgehead atoms. The first-order chi connectivity index (χ1) is 6.91. The van der Waals surface area contributed by atoms with Crippen molar-refractivity contribution < 1.29 is 14.7 Å². The van der Waals surface area contributed by atoms with Gasteiger partial charge in [-0.15, -0.1) is 0 Å². The van der Waals surface area contributed by atoms with Crippen LogP contribution < -0.4 is 0 Å². The number of hydrogen-bond acceptors (Lipinski definition) is 2. The van der Waals surface area contributed by atoms with Crippen molar-refractivity contribution in [1.82, 2.24) is 4.90 Å². The highest BCUT2D eigenvalue weighted by atomic mass is 16.4. The van der Waals surface area contributed by atoms with Crippen LogP contribution in [0.4, 0.5) is 0 Å². The smallest absolute Gasteiger partial charge is 0.303 e. The summed E-state index contributed by atoms with van der Waals surface area (Å²) < 4.78 is 0. The zero-order valence-corrected chi connectivity index (χ0v) is 9.45. The van der Waals surface area contributed by atoms with Gasteiger partial charge in [-0.2, -0.15) is 0 Å². The number of amides is 1. The molecule has 0 radical (unpaired) electrons. The average Bonchev–Trinajstić information content (AvgIpc) is 2.12. The zero-order chi connectivity index (χ0) is 11.5. The summed E-state index contributed by atoms with van der Waals surface area (Å²) in [6, 6.07) is 0. The van der Waals surface area contributed by atoms with Gasteiger partial charge in [0.15, 0.2) is 0 Å². The Morgan fingerprint density at radius 3 is 2.53 bits per heavy atom. The van der Waals surface area contributed by atoms with Crippen LogP contribution in [-0.2, 0) is 9.59 Å². The Morgan fingerprint density at radius 1 is 1.33 bits per heavy atom. The van der Waals surface area contributed by atoms with Gasteiger partial charge in [0.2, 0.25) is 5.91 Å². The number of hydrogen-bond donors (Lipinski definition) is 1. The maximum atomic E-state index is 11.7. The van der Waals surface area contributed by atoms with Gasteiger partial charge in [0.25, 0.3) is 0 Å². The van der Waals surface area contributed by atoms with Gasteiger partial charge in [-0.05, 0) is 18.3 Å². The van der Waals surface area contributed by atoms with E-state index < -0.39 is 5.97 Å². The van der Waals surface area contributed by atoms with Crippen LogP contribution in [0.2, 0.25) is 0 Å². The third-order valence-corrected chi connectivity index (χ3v) is 2.81. The highest BCUT2D eigenvalue weighted by Gasteiger charge is 2.28. The van der Waals surface area contributed by atoms with E-state index >= 15 is 0 Å². The molecule has 0 spiro atoms. The quantitative estimate of drug-likeness (QED) is 0.773. The number of aliphatic carboxylic acids is 1. The maximum absolute atomic E-state index is 11.7. The van der Waals surface area contributed by atoms with Crippen molar-refractivity contribution in [1.29, 1.82) is 0 Å². The minimum atomic E-state index is -0.903.